The number of esters is 2. The van der Waals surface area contributed by atoms with Gasteiger partial charge < -0.3 is 24.2 Å². The molecule has 1 saturated heterocycles. The molecule has 0 aliphatic carbocycles. The second-order valence-electron chi connectivity index (χ2n) is 9.42. The maximum Gasteiger partial charge on any atom is 0.338 e. The number of carbonyl (C=O) groups excluding carboxylic acids is 3. The van der Waals surface area contributed by atoms with E-state index >= 15 is 0 Å². The molecule has 2 rings (SSSR count). The van der Waals surface area contributed by atoms with Crippen LogP contribution in [-0.2, 0) is 34.0 Å². The number of hydrogen-bond donors (Lipinski definition) is 1. The summed E-state index contributed by atoms with van der Waals surface area (Å²) >= 11 is 0. The average Bonchev–Trinajstić information content (AvgIpc) is 2.72. The molecule has 0 saturated carbocycles. The van der Waals surface area contributed by atoms with Crippen LogP contribution in [0.3, 0.4) is 0 Å². The first-order valence-corrected chi connectivity index (χ1v) is 11.0. The monoisotopic (exact) mass is 449 g/mol. The third-order valence-corrected chi connectivity index (χ3v) is 5.18. The molecule has 1 aliphatic heterocycles. The van der Waals surface area contributed by atoms with Crippen LogP contribution in [0.25, 0.3) is 0 Å². The van der Waals surface area contributed by atoms with Gasteiger partial charge in [0.1, 0.15) is 5.60 Å². The maximum atomic E-state index is 13.0. The number of hydrogen-bond acceptors (Lipinski definition) is 7. The minimum absolute atomic E-state index is 0.142. The van der Waals surface area contributed by atoms with E-state index in [-0.39, 0.29) is 19.1 Å². The topological polar surface area (TPSA) is 102 Å². The highest BCUT2D eigenvalue weighted by Crippen LogP contribution is 2.30. The van der Waals surface area contributed by atoms with Gasteiger partial charge in [-0.3, -0.25) is 9.59 Å². The average molecular weight is 450 g/mol. The highest BCUT2D eigenvalue weighted by atomic mass is 16.6. The second kappa shape index (κ2) is 10.4. The van der Waals surface area contributed by atoms with Crippen LogP contribution in [0, 0.1) is 0 Å². The molecule has 1 heterocycles. The molecule has 8 nitrogen and oxygen atoms in total. The van der Waals surface area contributed by atoms with Crippen LogP contribution in [-0.4, -0.2) is 60.5 Å². The summed E-state index contributed by atoms with van der Waals surface area (Å²) in [6.07, 6.45) is -1.38. The van der Waals surface area contributed by atoms with E-state index in [0.29, 0.717) is 17.9 Å². The molecule has 178 valence electrons. The van der Waals surface area contributed by atoms with Gasteiger partial charge in [0, 0.05) is 12.2 Å². The summed E-state index contributed by atoms with van der Waals surface area (Å²) in [6, 6.07) is 7.06. The third kappa shape index (κ3) is 6.29. The standard InChI is InChI=1S/C24H35NO7/c1-7-8-13-31-22(29)24(5,6)16-10-9-11-17(15-16)25-12-14-30-19(20(25)27)18(26)21(28)32-23(2,3)4/h9-11,15,18-19,26H,7-8,12-14H2,1-6H3/t18-,19-/m1/s1. The van der Waals surface area contributed by atoms with E-state index in [1.165, 1.54) is 4.90 Å². The second-order valence-corrected chi connectivity index (χ2v) is 9.42. The van der Waals surface area contributed by atoms with E-state index in [1.54, 1.807) is 52.8 Å². The van der Waals surface area contributed by atoms with Crippen molar-refractivity contribution in [2.45, 2.75) is 77.6 Å². The number of carbonyl (C=O) groups is 3. The van der Waals surface area contributed by atoms with Crippen LogP contribution in [0.1, 0.15) is 59.9 Å². The summed E-state index contributed by atoms with van der Waals surface area (Å²) in [5.74, 6) is -1.80. The summed E-state index contributed by atoms with van der Waals surface area (Å²) in [5.41, 5.74) is -0.470. The lowest BCUT2D eigenvalue weighted by Gasteiger charge is -2.35. The molecule has 0 bridgehead atoms. The van der Waals surface area contributed by atoms with Gasteiger partial charge in [-0.25, -0.2) is 4.79 Å². The molecule has 0 aromatic heterocycles. The molecule has 0 unspecified atom stereocenters. The summed E-state index contributed by atoms with van der Waals surface area (Å²) < 4.78 is 16.0. The maximum absolute atomic E-state index is 13.0. The molecule has 1 aromatic rings. The van der Waals surface area contributed by atoms with Gasteiger partial charge >= 0.3 is 11.9 Å². The van der Waals surface area contributed by atoms with Gasteiger partial charge in [0.05, 0.1) is 18.6 Å². The molecule has 1 fully saturated rings. The van der Waals surface area contributed by atoms with Crippen LogP contribution in [0.5, 0.6) is 0 Å². The van der Waals surface area contributed by atoms with Crippen molar-refractivity contribution >= 4 is 23.5 Å². The van der Waals surface area contributed by atoms with Crippen LogP contribution in [0.2, 0.25) is 0 Å². The molecule has 8 heteroatoms. The van der Waals surface area contributed by atoms with Gasteiger partial charge in [0.15, 0.2) is 12.2 Å². The number of morpholine rings is 1. The highest BCUT2D eigenvalue weighted by Gasteiger charge is 2.41. The number of amides is 1. The first-order chi connectivity index (χ1) is 14.9. The van der Waals surface area contributed by atoms with Crippen molar-refractivity contribution in [1.29, 1.82) is 0 Å². The Morgan fingerprint density at radius 2 is 1.94 bits per heavy atom. The lowest BCUT2D eigenvalue weighted by molar-refractivity contribution is -0.177. The van der Waals surface area contributed by atoms with E-state index in [4.69, 9.17) is 14.2 Å². The van der Waals surface area contributed by atoms with Crippen LogP contribution in [0.15, 0.2) is 24.3 Å². The van der Waals surface area contributed by atoms with Gasteiger partial charge in [-0.2, -0.15) is 0 Å². The summed E-state index contributed by atoms with van der Waals surface area (Å²) in [5, 5.41) is 10.4. The minimum atomic E-state index is -1.74. The normalized spacial score (nSPS) is 18.3. The van der Waals surface area contributed by atoms with Crippen molar-refractivity contribution in [3.8, 4) is 0 Å². The number of anilines is 1. The predicted octanol–water partition coefficient (Wildman–Crippen LogP) is 2.74. The number of unbranched alkanes of at least 4 members (excludes halogenated alkanes) is 1. The van der Waals surface area contributed by atoms with Gasteiger partial charge in [0.25, 0.3) is 5.91 Å². The highest BCUT2D eigenvalue weighted by molar-refractivity contribution is 6.00. The van der Waals surface area contributed by atoms with E-state index < -0.39 is 35.1 Å². The molecule has 1 N–H and O–H groups in total. The number of ether oxygens (including phenoxy) is 3. The molecular formula is C24H35NO7. The molecular weight excluding hydrogens is 414 g/mol. The number of aliphatic hydroxyl groups is 1. The Balaban J connectivity index is 2.20. The fraction of sp³-hybridized carbons (Fsp3) is 0.625. The van der Waals surface area contributed by atoms with E-state index in [1.807, 2.05) is 13.0 Å². The number of aliphatic hydroxyl groups excluding tert-OH is 1. The van der Waals surface area contributed by atoms with E-state index in [2.05, 4.69) is 0 Å². The van der Waals surface area contributed by atoms with Gasteiger partial charge in [-0.05, 0) is 58.7 Å². The fourth-order valence-electron chi connectivity index (χ4n) is 3.24. The number of nitrogens with zero attached hydrogens (tertiary/aromatic N) is 1. The van der Waals surface area contributed by atoms with Crippen molar-refractivity contribution in [3.63, 3.8) is 0 Å². The van der Waals surface area contributed by atoms with Crippen molar-refractivity contribution < 1.29 is 33.7 Å². The van der Waals surface area contributed by atoms with Crippen molar-refractivity contribution in [2.75, 3.05) is 24.7 Å². The summed E-state index contributed by atoms with van der Waals surface area (Å²) in [6.45, 7) is 11.4. The van der Waals surface area contributed by atoms with E-state index in [9.17, 15) is 19.5 Å². The van der Waals surface area contributed by atoms with Crippen LogP contribution in [0.4, 0.5) is 5.69 Å². The zero-order valence-electron chi connectivity index (χ0n) is 19.8. The fourth-order valence-corrected chi connectivity index (χ4v) is 3.24. The van der Waals surface area contributed by atoms with Crippen molar-refractivity contribution in [2.24, 2.45) is 0 Å². The van der Waals surface area contributed by atoms with Crippen molar-refractivity contribution in [1.82, 2.24) is 0 Å². The van der Waals surface area contributed by atoms with Crippen molar-refractivity contribution in [3.05, 3.63) is 29.8 Å². The van der Waals surface area contributed by atoms with E-state index in [0.717, 1.165) is 12.8 Å². The largest absolute Gasteiger partial charge is 0.465 e. The molecule has 2 atom stereocenters. The Labute approximate surface area is 189 Å². The van der Waals surface area contributed by atoms with Gasteiger partial charge in [-0.15, -0.1) is 0 Å². The Hall–Kier alpha value is -2.45. The Kier molecular flexibility index (Phi) is 8.42. The predicted molar refractivity (Wildman–Crippen MR) is 119 cm³/mol. The molecule has 32 heavy (non-hydrogen) atoms. The molecule has 1 amide bonds. The zero-order valence-corrected chi connectivity index (χ0v) is 19.8. The number of rotatable bonds is 8. The Morgan fingerprint density at radius 1 is 1.25 bits per heavy atom. The van der Waals surface area contributed by atoms with Crippen LogP contribution >= 0.6 is 0 Å². The lowest BCUT2D eigenvalue weighted by atomic mass is 9.84. The van der Waals surface area contributed by atoms with Crippen LogP contribution < -0.4 is 4.90 Å². The quantitative estimate of drug-likeness (QED) is 0.481. The molecule has 1 aliphatic rings. The third-order valence-electron chi connectivity index (χ3n) is 5.18. The van der Waals surface area contributed by atoms with Gasteiger partial charge in [-0.1, -0.05) is 25.5 Å². The van der Waals surface area contributed by atoms with Gasteiger partial charge in [0.2, 0.25) is 0 Å². The minimum Gasteiger partial charge on any atom is -0.465 e. The zero-order chi connectivity index (χ0) is 24.1. The Bertz CT molecular complexity index is 828. The first-order valence-electron chi connectivity index (χ1n) is 11.0. The summed E-state index contributed by atoms with van der Waals surface area (Å²) in [4.78, 5) is 39.4. The Morgan fingerprint density at radius 3 is 2.56 bits per heavy atom. The molecule has 1 aromatic carbocycles. The molecule has 0 radical (unpaired) electrons. The number of benzene rings is 1. The smallest absolute Gasteiger partial charge is 0.338 e. The molecule has 0 spiro atoms. The SMILES string of the molecule is CCCCOC(=O)C(C)(C)c1cccc(N2CCO[C@H]([C@@H](O)C(=O)OC(C)(C)C)C2=O)c1. The lowest BCUT2D eigenvalue weighted by Crippen LogP contribution is -2.55. The summed E-state index contributed by atoms with van der Waals surface area (Å²) in [7, 11) is 0. The first kappa shape index (κ1) is 25.8.